The normalized spacial score (nSPS) is 17.1. The molecule has 1 aromatic rings. The highest BCUT2D eigenvalue weighted by molar-refractivity contribution is 7.89. The Labute approximate surface area is 137 Å². The zero-order valence-electron chi connectivity index (χ0n) is 13.6. The number of anilines is 1. The maximum absolute atomic E-state index is 12.3. The Kier molecular flexibility index (Phi) is 6.15. The van der Waals surface area contributed by atoms with E-state index in [4.69, 9.17) is 4.74 Å². The third-order valence-corrected chi connectivity index (χ3v) is 5.92. The monoisotopic (exact) mass is 340 g/mol. The molecule has 7 heteroatoms. The molecule has 1 aliphatic rings. The van der Waals surface area contributed by atoms with Crippen molar-refractivity contribution in [2.45, 2.75) is 19.8 Å². The van der Waals surface area contributed by atoms with Gasteiger partial charge in [0.25, 0.3) is 0 Å². The summed E-state index contributed by atoms with van der Waals surface area (Å²) in [5.41, 5.74) is 1.91. The van der Waals surface area contributed by atoms with Crippen LogP contribution < -0.4 is 5.32 Å². The molecule has 0 spiro atoms. The van der Waals surface area contributed by atoms with Gasteiger partial charge in [0.15, 0.2) is 0 Å². The Bertz CT molecular complexity index is 620. The van der Waals surface area contributed by atoms with Gasteiger partial charge in [-0.15, -0.1) is 0 Å². The number of amides is 1. The number of piperidine rings is 1. The van der Waals surface area contributed by atoms with Gasteiger partial charge in [-0.2, -0.15) is 0 Å². The van der Waals surface area contributed by atoms with Crippen LogP contribution in [0.4, 0.5) is 5.69 Å². The minimum absolute atomic E-state index is 0.0102. The Hall–Kier alpha value is -1.44. The molecule has 1 fully saturated rings. The largest absolute Gasteiger partial charge is 0.384 e. The highest BCUT2D eigenvalue weighted by atomic mass is 32.2. The lowest BCUT2D eigenvalue weighted by Crippen LogP contribution is -2.42. The first-order chi connectivity index (χ1) is 10.9. The zero-order valence-corrected chi connectivity index (χ0v) is 14.4. The number of carbonyl (C=O) groups is 1. The van der Waals surface area contributed by atoms with E-state index in [0.29, 0.717) is 25.9 Å². The SMILES string of the molecule is COCCS(=O)(=O)N1CCC(C(=O)Nc2ccc(C)cc2)CC1. The molecule has 1 saturated heterocycles. The molecule has 0 atom stereocenters. The molecule has 23 heavy (non-hydrogen) atoms. The van der Waals surface area contributed by atoms with Crippen LogP contribution in [0, 0.1) is 12.8 Å². The van der Waals surface area contributed by atoms with E-state index in [2.05, 4.69) is 5.32 Å². The van der Waals surface area contributed by atoms with E-state index < -0.39 is 10.0 Å². The Morgan fingerprint density at radius 3 is 2.43 bits per heavy atom. The average molecular weight is 340 g/mol. The molecule has 6 nitrogen and oxygen atoms in total. The van der Waals surface area contributed by atoms with E-state index in [1.165, 1.54) is 11.4 Å². The van der Waals surface area contributed by atoms with E-state index in [-0.39, 0.29) is 24.2 Å². The molecular weight excluding hydrogens is 316 g/mol. The van der Waals surface area contributed by atoms with E-state index in [1.807, 2.05) is 31.2 Å². The Balaban J connectivity index is 1.86. The molecule has 1 heterocycles. The summed E-state index contributed by atoms with van der Waals surface area (Å²) in [7, 11) is -1.80. The van der Waals surface area contributed by atoms with Gasteiger partial charge in [0.05, 0.1) is 12.4 Å². The fourth-order valence-electron chi connectivity index (χ4n) is 2.60. The molecule has 0 unspecified atom stereocenters. The standard InChI is InChI=1S/C16H24N2O4S/c1-13-3-5-15(6-4-13)17-16(19)14-7-9-18(10-8-14)23(20,21)12-11-22-2/h3-6,14H,7-12H2,1-2H3,(H,17,19). The van der Waals surface area contributed by atoms with Gasteiger partial charge in [-0.1, -0.05) is 17.7 Å². The molecule has 0 radical (unpaired) electrons. The van der Waals surface area contributed by atoms with Gasteiger partial charge in [-0.05, 0) is 31.9 Å². The minimum Gasteiger partial charge on any atom is -0.384 e. The van der Waals surface area contributed by atoms with Crippen LogP contribution in [0.15, 0.2) is 24.3 Å². The molecule has 2 rings (SSSR count). The van der Waals surface area contributed by atoms with Gasteiger partial charge < -0.3 is 10.1 Å². The number of nitrogens with zero attached hydrogens (tertiary/aromatic N) is 1. The average Bonchev–Trinajstić information content (AvgIpc) is 2.55. The number of hydrogen-bond acceptors (Lipinski definition) is 4. The molecule has 0 aliphatic carbocycles. The van der Waals surface area contributed by atoms with Crippen molar-refractivity contribution in [1.82, 2.24) is 4.31 Å². The minimum atomic E-state index is -3.28. The summed E-state index contributed by atoms with van der Waals surface area (Å²) >= 11 is 0. The van der Waals surface area contributed by atoms with Crippen LogP contribution in [0.3, 0.4) is 0 Å². The van der Waals surface area contributed by atoms with Crippen molar-refractivity contribution >= 4 is 21.6 Å². The molecule has 128 valence electrons. The first-order valence-corrected chi connectivity index (χ1v) is 9.37. The number of aryl methyl sites for hydroxylation is 1. The summed E-state index contributed by atoms with van der Waals surface area (Å²) in [6, 6.07) is 7.64. The van der Waals surface area contributed by atoms with Crippen LogP contribution in [0.25, 0.3) is 0 Å². The Morgan fingerprint density at radius 2 is 1.87 bits per heavy atom. The van der Waals surface area contributed by atoms with Crippen LogP contribution in [-0.4, -0.2) is 51.2 Å². The van der Waals surface area contributed by atoms with Gasteiger partial charge in [0, 0.05) is 31.8 Å². The lowest BCUT2D eigenvalue weighted by Gasteiger charge is -2.30. The molecule has 1 N–H and O–H groups in total. The lowest BCUT2D eigenvalue weighted by molar-refractivity contribution is -0.120. The molecule has 0 bridgehead atoms. The molecule has 1 aliphatic heterocycles. The van der Waals surface area contributed by atoms with Crippen LogP contribution in [-0.2, 0) is 19.6 Å². The number of carbonyl (C=O) groups excluding carboxylic acids is 1. The van der Waals surface area contributed by atoms with Gasteiger partial charge in [-0.3, -0.25) is 4.79 Å². The third kappa shape index (κ3) is 5.02. The summed E-state index contributed by atoms with van der Waals surface area (Å²) in [5.74, 6) is -0.197. The van der Waals surface area contributed by atoms with E-state index in [9.17, 15) is 13.2 Å². The molecule has 1 amide bonds. The van der Waals surface area contributed by atoms with Crippen molar-refractivity contribution in [1.29, 1.82) is 0 Å². The predicted molar refractivity (Wildman–Crippen MR) is 89.8 cm³/mol. The van der Waals surface area contributed by atoms with Crippen molar-refractivity contribution < 1.29 is 17.9 Å². The number of rotatable bonds is 6. The first-order valence-electron chi connectivity index (χ1n) is 7.76. The van der Waals surface area contributed by atoms with E-state index in [1.54, 1.807) is 0 Å². The van der Waals surface area contributed by atoms with Crippen LogP contribution in [0.5, 0.6) is 0 Å². The van der Waals surface area contributed by atoms with Crippen molar-refractivity contribution in [3.05, 3.63) is 29.8 Å². The molecular formula is C16H24N2O4S. The maximum atomic E-state index is 12.3. The Morgan fingerprint density at radius 1 is 1.26 bits per heavy atom. The topological polar surface area (TPSA) is 75.7 Å². The van der Waals surface area contributed by atoms with Crippen LogP contribution in [0.2, 0.25) is 0 Å². The van der Waals surface area contributed by atoms with E-state index in [0.717, 1.165) is 11.3 Å². The fourth-order valence-corrected chi connectivity index (χ4v) is 4.00. The number of methoxy groups -OCH3 is 1. The zero-order chi connectivity index (χ0) is 16.9. The second-order valence-electron chi connectivity index (χ2n) is 5.84. The van der Waals surface area contributed by atoms with Gasteiger partial charge in [0.1, 0.15) is 0 Å². The summed E-state index contributed by atoms with van der Waals surface area (Å²) < 4.78 is 30.5. The third-order valence-electron chi connectivity index (χ3n) is 4.08. The van der Waals surface area contributed by atoms with Crippen molar-refractivity contribution in [2.24, 2.45) is 5.92 Å². The second kappa shape index (κ2) is 7.90. The van der Waals surface area contributed by atoms with Crippen molar-refractivity contribution in [3.8, 4) is 0 Å². The maximum Gasteiger partial charge on any atom is 0.227 e. The summed E-state index contributed by atoms with van der Waals surface area (Å²) in [6.07, 6.45) is 1.09. The van der Waals surface area contributed by atoms with Crippen LogP contribution >= 0.6 is 0 Å². The number of benzene rings is 1. The molecule has 0 saturated carbocycles. The molecule has 0 aromatic heterocycles. The number of sulfonamides is 1. The number of nitrogens with one attached hydrogen (secondary N) is 1. The number of ether oxygens (including phenoxy) is 1. The highest BCUT2D eigenvalue weighted by Gasteiger charge is 2.30. The van der Waals surface area contributed by atoms with Crippen LogP contribution in [0.1, 0.15) is 18.4 Å². The van der Waals surface area contributed by atoms with Gasteiger partial charge in [-0.25, -0.2) is 12.7 Å². The smallest absolute Gasteiger partial charge is 0.227 e. The summed E-state index contributed by atoms with van der Waals surface area (Å²) in [6.45, 7) is 2.96. The van der Waals surface area contributed by atoms with E-state index >= 15 is 0 Å². The first kappa shape index (κ1) is 17.9. The number of hydrogen-bond donors (Lipinski definition) is 1. The lowest BCUT2D eigenvalue weighted by atomic mass is 9.97. The quantitative estimate of drug-likeness (QED) is 0.854. The summed E-state index contributed by atoms with van der Waals surface area (Å²) in [5, 5.41) is 2.90. The highest BCUT2D eigenvalue weighted by Crippen LogP contribution is 2.21. The second-order valence-corrected chi connectivity index (χ2v) is 7.93. The predicted octanol–water partition coefficient (Wildman–Crippen LogP) is 1.62. The van der Waals surface area contributed by atoms with Gasteiger partial charge in [0.2, 0.25) is 15.9 Å². The fraction of sp³-hybridized carbons (Fsp3) is 0.562. The molecule has 1 aromatic carbocycles. The summed E-state index contributed by atoms with van der Waals surface area (Å²) in [4.78, 5) is 12.3. The van der Waals surface area contributed by atoms with Gasteiger partial charge >= 0.3 is 0 Å². The van der Waals surface area contributed by atoms with Crippen molar-refractivity contribution in [3.63, 3.8) is 0 Å². The van der Waals surface area contributed by atoms with Crippen molar-refractivity contribution in [2.75, 3.05) is 37.9 Å².